The predicted molar refractivity (Wildman–Crippen MR) is 66.9 cm³/mol. The van der Waals surface area contributed by atoms with Crippen LogP contribution in [0.15, 0.2) is 12.7 Å². The summed E-state index contributed by atoms with van der Waals surface area (Å²) in [6.07, 6.45) is 1.66. The number of carbonyl (C=O) groups excluding carboxylic acids is 1. The summed E-state index contributed by atoms with van der Waals surface area (Å²) in [4.78, 5) is 25.8. The lowest BCUT2D eigenvalue weighted by molar-refractivity contribution is -0.141. The first-order valence-electron chi connectivity index (χ1n) is 5.66. The molecule has 0 aromatic heterocycles. The molecule has 17 heavy (non-hydrogen) atoms. The van der Waals surface area contributed by atoms with Gasteiger partial charge in [0.2, 0.25) is 0 Å². The molecule has 0 aromatic carbocycles. The van der Waals surface area contributed by atoms with Crippen LogP contribution in [0.5, 0.6) is 0 Å². The van der Waals surface area contributed by atoms with Crippen LogP contribution in [0.2, 0.25) is 0 Å². The average Bonchev–Trinajstić information content (AvgIpc) is 2.24. The van der Waals surface area contributed by atoms with Crippen LogP contribution in [-0.4, -0.2) is 53.1 Å². The molecule has 0 saturated carbocycles. The first kappa shape index (κ1) is 15.5. The van der Waals surface area contributed by atoms with Gasteiger partial charge < -0.3 is 14.9 Å². The summed E-state index contributed by atoms with van der Waals surface area (Å²) in [5.74, 6) is -1.47. The van der Waals surface area contributed by atoms with E-state index in [-0.39, 0.29) is 18.6 Å². The van der Waals surface area contributed by atoms with Crippen molar-refractivity contribution in [3.05, 3.63) is 12.7 Å². The van der Waals surface area contributed by atoms with Gasteiger partial charge in [0.1, 0.15) is 0 Å². The maximum atomic E-state index is 12.0. The summed E-state index contributed by atoms with van der Waals surface area (Å²) in [5.41, 5.74) is 0. The summed E-state index contributed by atoms with van der Waals surface area (Å²) >= 11 is 0. The van der Waals surface area contributed by atoms with Gasteiger partial charge in [0.25, 0.3) is 0 Å². The van der Waals surface area contributed by atoms with E-state index >= 15 is 0 Å². The highest BCUT2D eigenvalue weighted by molar-refractivity contribution is 5.76. The molecular formula is C12H22N2O3. The second-order valence-corrected chi connectivity index (χ2v) is 4.44. The number of hydrogen-bond donors (Lipinski definition) is 1. The second kappa shape index (κ2) is 6.93. The van der Waals surface area contributed by atoms with Crippen molar-refractivity contribution in [3.63, 3.8) is 0 Å². The molecule has 0 rings (SSSR count). The molecule has 0 aliphatic heterocycles. The number of amides is 2. The molecule has 0 saturated heterocycles. The number of aliphatic carboxylic acids is 1. The third-order valence-electron chi connectivity index (χ3n) is 2.49. The van der Waals surface area contributed by atoms with Gasteiger partial charge in [-0.2, -0.15) is 0 Å². The molecule has 0 aliphatic carbocycles. The zero-order valence-corrected chi connectivity index (χ0v) is 11.0. The van der Waals surface area contributed by atoms with Crippen LogP contribution in [-0.2, 0) is 4.79 Å². The molecule has 98 valence electrons. The van der Waals surface area contributed by atoms with Crippen molar-refractivity contribution in [2.24, 2.45) is 5.92 Å². The van der Waals surface area contributed by atoms with Crippen LogP contribution in [0.1, 0.15) is 20.8 Å². The molecule has 2 amide bonds. The highest BCUT2D eigenvalue weighted by Crippen LogP contribution is 2.06. The number of hydrogen-bond acceptors (Lipinski definition) is 2. The van der Waals surface area contributed by atoms with Crippen LogP contribution >= 0.6 is 0 Å². The van der Waals surface area contributed by atoms with Crippen LogP contribution in [0.3, 0.4) is 0 Å². The smallest absolute Gasteiger partial charge is 0.320 e. The Morgan fingerprint density at radius 2 is 1.88 bits per heavy atom. The number of carboxylic acids is 1. The molecule has 5 nitrogen and oxygen atoms in total. The van der Waals surface area contributed by atoms with E-state index < -0.39 is 11.9 Å². The molecule has 0 radical (unpaired) electrons. The first-order chi connectivity index (χ1) is 7.81. The lowest BCUT2D eigenvalue weighted by atomic mass is 10.2. The molecule has 0 fully saturated rings. The van der Waals surface area contributed by atoms with Crippen LogP contribution in [0.25, 0.3) is 0 Å². The molecule has 0 heterocycles. The van der Waals surface area contributed by atoms with Crippen LogP contribution < -0.4 is 0 Å². The van der Waals surface area contributed by atoms with Gasteiger partial charge in [-0.25, -0.2) is 4.79 Å². The van der Waals surface area contributed by atoms with Crippen molar-refractivity contribution in [1.29, 1.82) is 0 Å². The third kappa shape index (κ3) is 4.89. The fourth-order valence-electron chi connectivity index (χ4n) is 1.44. The molecule has 1 N–H and O–H groups in total. The molecule has 0 bridgehead atoms. The van der Waals surface area contributed by atoms with Crippen molar-refractivity contribution in [1.82, 2.24) is 9.80 Å². The summed E-state index contributed by atoms with van der Waals surface area (Å²) in [6, 6.07) is -0.115. The summed E-state index contributed by atoms with van der Waals surface area (Å²) in [7, 11) is 1.61. The fourth-order valence-corrected chi connectivity index (χ4v) is 1.44. The number of nitrogens with zero attached hydrogens (tertiary/aromatic N) is 2. The zero-order valence-electron chi connectivity index (χ0n) is 11.0. The number of rotatable bonds is 6. The van der Waals surface area contributed by atoms with Gasteiger partial charge in [0.05, 0.1) is 5.92 Å². The Kier molecular flexibility index (Phi) is 6.31. The minimum absolute atomic E-state index is 0.0584. The Hall–Kier alpha value is -1.52. The highest BCUT2D eigenvalue weighted by atomic mass is 16.4. The van der Waals surface area contributed by atoms with Gasteiger partial charge in [-0.3, -0.25) is 4.79 Å². The van der Waals surface area contributed by atoms with E-state index in [2.05, 4.69) is 6.58 Å². The van der Waals surface area contributed by atoms with Gasteiger partial charge in [-0.05, 0) is 13.8 Å². The molecule has 5 heteroatoms. The molecule has 1 unspecified atom stereocenters. The Morgan fingerprint density at radius 3 is 2.24 bits per heavy atom. The van der Waals surface area contributed by atoms with E-state index in [1.54, 1.807) is 24.9 Å². The van der Waals surface area contributed by atoms with Gasteiger partial charge in [-0.1, -0.05) is 13.0 Å². The maximum absolute atomic E-state index is 12.0. The van der Waals surface area contributed by atoms with Crippen molar-refractivity contribution >= 4 is 12.0 Å². The average molecular weight is 242 g/mol. The number of urea groups is 1. The largest absolute Gasteiger partial charge is 0.481 e. The predicted octanol–water partition coefficient (Wildman–Crippen LogP) is 1.66. The third-order valence-corrected chi connectivity index (χ3v) is 2.49. The van der Waals surface area contributed by atoms with E-state index in [0.29, 0.717) is 6.54 Å². The van der Waals surface area contributed by atoms with E-state index in [0.717, 1.165) is 0 Å². The Balaban J connectivity index is 4.55. The second-order valence-electron chi connectivity index (χ2n) is 4.44. The van der Waals surface area contributed by atoms with Crippen LogP contribution in [0, 0.1) is 5.92 Å². The van der Waals surface area contributed by atoms with E-state index in [1.165, 1.54) is 4.90 Å². The van der Waals surface area contributed by atoms with E-state index in [1.807, 2.05) is 13.8 Å². The number of carboxylic acid groups (broad SMARTS) is 1. The monoisotopic (exact) mass is 242 g/mol. The first-order valence-corrected chi connectivity index (χ1v) is 5.66. The van der Waals surface area contributed by atoms with Gasteiger partial charge in [-0.15, -0.1) is 6.58 Å². The summed E-state index contributed by atoms with van der Waals surface area (Å²) in [5, 5.41) is 8.80. The van der Waals surface area contributed by atoms with E-state index in [9.17, 15) is 9.59 Å². The molecule has 0 spiro atoms. The quantitative estimate of drug-likeness (QED) is 0.720. The Labute approximate surface area is 103 Å². The topological polar surface area (TPSA) is 60.9 Å². The van der Waals surface area contributed by atoms with Crippen molar-refractivity contribution in [2.45, 2.75) is 26.8 Å². The Bertz CT molecular complexity index is 289. The Morgan fingerprint density at radius 1 is 1.35 bits per heavy atom. The minimum atomic E-state index is -0.899. The lowest BCUT2D eigenvalue weighted by Gasteiger charge is -2.31. The molecule has 1 atom stereocenters. The normalized spacial score (nSPS) is 12.1. The SMILES string of the molecule is C=CCN(C(=O)N(C)CC(C)C(=O)O)C(C)C. The van der Waals surface area contributed by atoms with Crippen molar-refractivity contribution in [3.8, 4) is 0 Å². The zero-order chi connectivity index (χ0) is 13.6. The van der Waals surface area contributed by atoms with Gasteiger partial charge >= 0.3 is 12.0 Å². The maximum Gasteiger partial charge on any atom is 0.320 e. The summed E-state index contributed by atoms with van der Waals surface area (Å²) < 4.78 is 0. The molecular weight excluding hydrogens is 220 g/mol. The fraction of sp³-hybridized carbons (Fsp3) is 0.667. The van der Waals surface area contributed by atoms with Crippen molar-refractivity contribution in [2.75, 3.05) is 20.1 Å². The standard InChI is InChI=1S/C12H22N2O3/c1-6-7-14(9(2)3)12(17)13(5)8-10(4)11(15)16/h6,9-10H,1,7-8H2,2-5H3,(H,15,16). The van der Waals surface area contributed by atoms with E-state index in [4.69, 9.17) is 5.11 Å². The lowest BCUT2D eigenvalue weighted by Crippen LogP contribution is -2.46. The molecule has 0 aliphatic rings. The van der Waals surface area contributed by atoms with Crippen molar-refractivity contribution < 1.29 is 14.7 Å². The van der Waals surface area contributed by atoms with Gasteiger partial charge in [0.15, 0.2) is 0 Å². The summed E-state index contributed by atoms with van der Waals surface area (Å²) in [6.45, 7) is 9.68. The minimum Gasteiger partial charge on any atom is -0.481 e. The number of carbonyl (C=O) groups is 2. The van der Waals surface area contributed by atoms with Crippen LogP contribution in [0.4, 0.5) is 4.79 Å². The van der Waals surface area contributed by atoms with Gasteiger partial charge in [0, 0.05) is 26.2 Å². The highest BCUT2D eigenvalue weighted by Gasteiger charge is 2.22. The molecule has 0 aromatic rings.